The number of nitrogens with one attached hydrogen (secondary N) is 2. The second-order valence-corrected chi connectivity index (χ2v) is 9.54. The molecule has 0 spiro atoms. The number of aliphatic imine (C=N–C) groups is 2. The Kier molecular flexibility index (Phi) is 26.0. The molecule has 0 bridgehead atoms. The van der Waals surface area contributed by atoms with E-state index in [4.69, 9.17) is 22.9 Å². The minimum absolute atomic E-state index is 0. The van der Waals surface area contributed by atoms with Crippen LogP contribution < -0.4 is 48.9 Å². The maximum Gasteiger partial charge on any atom is 3.00 e. The number of unbranched alkanes of at least 4 members (excludes halogenated alkanes) is 2. The number of carboxylic acids is 3. The molecule has 0 saturated carbocycles. The first-order valence-corrected chi connectivity index (χ1v) is 13.7. The summed E-state index contributed by atoms with van der Waals surface area (Å²) in [4.78, 5) is 69.9. The molecule has 20 heteroatoms. The van der Waals surface area contributed by atoms with Crippen molar-refractivity contribution in [2.24, 2.45) is 32.9 Å². The van der Waals surface area contributed by atoms with E-state index in [1.165, 1.54) is 14.7 Å². The summed E-state index contributed by atoms with van der Waals surface area (Å²) in [6, 6.07) is 0. The average molecular weight is 772 g/mol. The van der Waals surface area contributed by atoms with E-state index in [1.54, 1.807) is 0 Å². The van der Waals surface area contributed by atoms with Crippen LogP contribution in [0.25, 0.3) is 0 Å². The molecule has 0 aliphatic carbocycles. The van der Waals surface area contributed by atoms with E-state index < -0.39 is 49.4 Å². The number of hydrogen-bond donors (Lipinski definition) is 6. The summed E-state index contributed by atoms with van der Waals surface area (Å²) >= 11 is 0. The van der Waals surface area contributed by atoms with Crippen molar-refractivity contribution in [2.75, 3.05) is 85.1 Å². The zero-order valence-electron chi connectivity index (χ0n) is 24.7. The zero-order valence-corrected chi connectivity index (χ0v) is 27.0. The van der Waals surface area contributed by atoms with Crippen molar-refractivity contribution in [1.82, 2.24) is 25.3 Å². The fraction of sp³-hybridized carbons (Fsp3) is 0.708. The molecular weight excluding hydrogens is 728 g/mol. The van der Waals surface area contributed by atoms with Crippen LogP contribution in [0, 0.1) is 39.9 Å². The number of carbonyl (C=O) groups is 5. The smallest absolute Gasteiger partial charge is 0.549 e. The predicted octanol–water partition coefficient (Wildman–Crippen LogP) is -8.52. The number of rotatable bonds is 26. The molecule has 0 saturated heterocycles. The molecule has 2 amide bonds. The maximum absolute atomic E-state index is 12.3. The molecule has 1 radical (unpaired) electrons. The van der Waals surface area contributed by atoms with E-state index in [-0.39, 0.29) is 91.1 Å². The summed E-state index contributed by atoms with van der Waals surface area (Å²) in [7, 11) is 0. The Balaban J connectivity index is 0. The zero-order chi connectivity index (χ0) is 32.6. The number of aliphatic carboxylic acids is 3. The number of nitrogens with two attached hydrogens (primary N) is 4. The maximum atomic E-state index is 12.3. The van der Waals surface area contributed by atoms with E-state index in [0.717, 1.165) is 0 Å². The molecule has 0 atom stereocenters. The van der Waals surface area contributed by atoms with Crippen LogP contribution in [0.2, 0.25) is 0 Å². The number of carbonyl (C=O) groups excluding carboxylic acids is 5. The van der Waals surface area contributed by atoms with Gasteiger partial charge in [-0.25, -0.2) is 0 Å². The van der Waals surface area contributed by atoms with Gasteiger partial charge in [-0.1, -0.05) is 0 Å². The number of nitrogens with zero attached hydrogens (tertiary/aromatic N) is 5. The second kappa shape index (κ2) is 26.5. The van der Waals surface area contributed by atoms with Gasteiger partial charge in [-0.05, 0) is 25.7 Å². The Morgan fingerprint density at radius 2 is 0.841 bits per heavy atom. The molecule has 0 aromatic carbocycles. The normalized spacial score (nSPS) is 10.6. The van der Waals surface area contributed by atoms with Crippen molar-refractivity contribution in [1.29, 1.82) is 0 Å². The van der Waals surface area contributed by atoms with Crippen molar-refractivity contribution in [3.8, 4) is 0 Å². The van der Waals surface area contributed by atoms with Gasteiger partial charge in [-0.3, -0.25) is 34.3 Å². The van der Waals surface area contributed by atoms with Crippen LogP contribution in [0.5, 0.6) is 0 Å². The fourth-order valence-electron chi connectivity index (χ4n) is 3.67. The van der Waals surface area contributed by atoms with Gasteiger partial charge in [0.1, 0.15) is 0 Å². The Morgan fingerprint density at radius 3 is 1.16 bits per heavy atom. The van der Waals surface area contributed by atoms with Gasteiger partial charge in [-0.15, -0.1) is 0 Å². The van der Waals surface area contributed by atoms with Gasteiger partial charge < -0.3 is 63.3 Å². The van der Waals surface area contributed by atoms with Crippen molar-refractivity contribution < 1.29 is 79.2 Å². The van der Waals surface area contributed by atoms with Gasteiger partial charge >= 0.3 is 39.9 Å². The predicted molar refractivity (Wildman–Crippen MR) is 150 cm³/mol. The van der Waals surface area contributed by atoms with Gasteiger partial charge in [0.2, 0.25) is 11.8 Å². The first-order chi connectivity index (χ1) is 20.3. The molecule has 0 aromatic rings. The SMILES string of the molecule is NC(N)=NCCCCNC(=O)CN(CCN(CCN(CC(=O)[O-])CC(=O)NCCCCN=C(N)N)CC(=O)[O-])CC(=O)[O-].[Gd+3]. The van der Waals surface area contributed by atoms with Gasteiger partial charge in [0.15, 0.2) is 11.9 Å². The van der Waals surface area contributed by atoms with Crippen LogP contribution >= 0.6 is 0 Å². The summed E-state index contributed by atoms with van der Waals surface area (Å²) in [5.41, 5.74) is 21.0. The van der Waals surface area contributed by atoms with Crippen LogP contribution in [0.4, 0.5) is 0 Å². The van der Waals surface area contributed by atoms with Crippen LogP contribution in [-0.2, 0) is 24.0 Å². The number of hydrogen-bond acceptors (Lipinski definition) is 13. The van der Waals surface area contributed by atoms with Crippen LogP contribution in [0.15, 0.2) is 9.98 Å². The van der Waals surface area contributed by atoms with Crippen molar-refractivity contribution in [3.63, 3.8) is 0 Å². The monoisotopic (exact) mass is 772 g/mol. The summed E-state index contributed by atoms with van der Waals surface area (Å²) in [5, 5.41) is 39.1. The minimum Gasteiger partial charge on any atom is -0.549 e. The Bertz CT molecular complexity index is 881. The van der Waals surface area contributed by atoms with E-state index in [1.807, 2.05) is 0 Å². The third kappa shape index (κ3) is 27.9. The van der Waals surface area contributed by atoms with E-state index in [0.29, 0.717) is 51.9 Å². The fourth-order valence-corrected chi connectivity index (χ4v) is 3.67. The Hall–Kier alpha value is -2.91. The number of guanidine groups is 2. The summed E-state index contributed by atoms with van der Waals surface area (Å²) < 4.78 is 0. The summed E-state index contributed by atoms with van der Waals surface area (Å²) in [5.74, 6) is -5.24. The molecular formula is C24H44GdN11O8. The van der Waals surface area contributed by atoms with E-state index in [2.05, 4.69) is 20.6 Å². The molecule has 0 fully saturated rings. The third-order valence-electron chi connectivity index (χ3n) is 5.66. The van der Waals surface area contributed by atoms with Gasteiger partial charge in [0.05, 0.1) is 31.0 Å². The molecule has 44 heavy (non-hydrogen) atoms. The van der Waals surface area contributed by atoms with Gasteiger partial charge in [-0.2, -0.15) is 0 Å². The average Bonchev–Trinajstić information content (AvgIpc) is 2.88. The molecule has 19 nitrogen and oxygen atoms in total. The molecule has 0 aromatic heterocycles. The molecule has 0 aliphatic heterocycles. The third-order valence-corrected chi connectivity index (χ3v) is 5.66. The quantitative estimate of drug-likeness (QED) is 0.0270. The Labute approximate surface area is 288 Å². The van der Waals surface area contributed by atoms with E-state index in [9.17, 15) is 39.3 Å². The molecule has 10 N–H and O–H groups in total. The van der Waals surface area contributed by atoms with Crippen LogP contribution in [0.3, 0.4) is 0 Å². The molecule has 0 aliphatic rings. The minimum atomic E-state index is -1.43. The second-order valence-electron chi connectivity index (χ2n) is 9.54. The van der Waals surface area contributed by atoms with Crippen LogP contribution in [-0.4, -0.2) is 141 Å². The van der Waals surface area contributed by atoms with Crippen molar-refractivity contribution in [3.05, 3.63) is 0 Å². The summed E-state index contributed by atoms with van der Waals surface area (Å²) in [6.45, 7) is -0.936. The number of amides is 2. The van der Waals surface area contributed by atoms with Crippen molar-refractivity contribution >= 4 is 41.6 Å². The number of carboxylic acid groups (broad SMARTS) is 3. The standard InChI is InChI=1S/C24H47N11O8.Gd/c25-23(26)31-7-3-1-5-29-18(36)13-34(16-21(40)41)11-9-33(15-20(38)39)10-12-35(17-22(42)43)14-19(37)30-6-2-4-8-32-24(27)28;/h1-17H2,(H,29,36)(H,30,37)(H,38,39)(H,40,41)(H,42,43)(H4,25,26,31)(H4,27,28,32);/q;+3/p-3. The van der Waals surface area contributed by atoms with Gasteiger partial charge in [0, 0.05) is 72.0 Å². The Morgan fingerprint density at radius 1 is 0.523 bits per heavy atom. The topological polar surface area (TPSA) is 317 Å². The van der Waals surface area contributed by atoms with E-state index >= 15 is 0 Å². The molecule has 0 heterocycles. The first kappa shape index (κ1) is 43.2. The molecule has 0 rings (SSSR count). The van der Waals surface area contributed by atoms with Crippen molar-refractivity contribution in [2.45, 2.75) is 25.7 Å². The van der Waals surface area contributed by atoms with Gasteiger partial charge in [0.25, 0.3) is 0 Å². The first-order valence-electron chi connectivity index (χ1n) is 13.7. The van der Waals surface area contributed by atoms with Crippen LogP contribution in [0.1, 0.15) is 25.7 Å². The largest absolute Gasteiger partial charge is 3.00 e. The molecule has 0 unspecified atom stereocenters. The summed E-state index contributed by atoms with van der Waals surface area (Å²) in [6.07, 6.45) is 2.41. The molecule has 251 valence electrons.